The molecule has 1 unspecified atom stereocenters. The lowest BCUT2D eigenvalue weighted by atomic mass is 10.1. The van der Waals surface area contributed by atoms with Gasteiger partial charge in [-0.2, -0.15) is 0 Å². The number of amides is 2. The number of nitrogens with zero attached hydrogens (tertiary/aromatic N) is 3. The Balaban J connectivity index is 1.27. The van der Waals surface area contributed by atoms with Gasteiger partial charge in [-0.3, -0.25) is 4.90 Å². The van der Waals surface area contributed by atoms with Crippen molar-refractivity contribution < 1.29 is 14.3 Å². The molecule has 0 aliphatic heterocycles. The SMILES string of the molecule is CCN(CC)C(C)COc1ccc(-c2cc3c(Oc4ccc(NC(=O)NC5CC5)c(Cl)c4)ncnc3[nH]2)cc1. The molecule has 39 heavy (non-hydrogen) atoms. The molecule has 0 saturated heterocycles. The highest BCUT2D eigenvalue weighted by atomic mass is 35.5. The van der Waals surface area contributed by atoms with Gasteiger partial charge in [0.05, 0.1) is 16.1 Å². The normalized spacial score (nSPS) is 13.9. The van der Waals surface area contributed by atoms with Crippen LogP contribution in [-0.2, 0) is 0 Å². The van der Waals surface area contributed by atoms with Crippen molar-refractivity contribution in [2.45, 2.75) is 45.7 Å². The number of H-pyrrole nitrogens is 1. The van der Waals surface area contributed by atoms with Crippen LogP contribution < -0.4 is 20.1 Å². The number of anilines is 1. The van der Waals surface area contributed by atoms with Crippen LogP contribution in [0.15, 0.2) is 54.9 Å². The number of carbonyl (C=O) groups excluding carboxylic acids is 1. The second-order valence-electron chi connectivity index (χ2n) is 9.65. The van der Waals surface area contributed by atoms with E-state index in [1.807, 2.05) is 30.3 Å². The molecule has 204 valence electrons. The summed E-state index contributed by atoms with van der Waals surface area (Å²) in [6.07, 6.45) is 3.47. The maximum absolute atomic E-state index is 12.0. The first kappa shape index (κ1) is 26.8. The first-order chi connectivity index (χ1) is 18.9. The maximum atomic E-state index is 12.0. The molecule has 1 atom stereocenters. The van der Waals surface area contributed by atoms with Gasteiger partial charge in [-0.15, -0.1) is 0 Å². The van der Waals surface area contributed by atoms with E-state index in [0.29, 0.717) is 40.6 Å². The van der Waals surface area contributed by atoms with Gasteiger partial charge in [0, 0.05) is 23.8 Å². The predicted octanol–water partition coefficient (Wildman–Crippen LogP) is 6.46. The number of halogens is 1. The molecular formula is C29H33ClN6O3. The van der Waals surface area contributed by atoms with Gasteiger partial charge in [0.1, 0.15) is 30.1 Å². The minimum atomic E-state index is -0.265. The van der Waals surface area contributed by atoms with Gasteiger partial charge >= 0.3 is 6.03 Å². The molecule has 1 aliphatic rings. The molecule has 9 nitrogen and oxygen atoms in total. The largest absolute Gasteiger partial charge is 0.492 e. The van der Waals surface area contributed by atoms with Crippen molar-refractivity contribution in [2.24, 2.45) is 0 Å². The smallest absolute Gasteiger partial charge is 0.319 e. The molecule has 3 N–H and O–H groups in total. The van der Waals surface area contributed by atoms with Crippen molar-refractivity contribution in [2.75, 3.05) is 25.0 Å². The lowest BCUT2D eigenvalue weighted by Crippen LogP contribution is -2.36. The number of aromatic amines is 1. The summed E-state index contributed by atoms with van der Waals surface area (Å²) in [4.78, 5) is 26.4. The molecule has 10 heteroatoms. The summed E-state index contributed by atoms with van der Waals surface area (Å²) in [6, 6.07) is 15.4. The number of nitrogens with one attached hydrogen (secondary N) is 3. The van der Waals surface area contributed by atoms with Gasteiger partial charge in [0.15, 0.2) is 0 Å². The first-order valence-electron chi connectivity index (χ1n) is 13.3. The van der Waals surface area contributed by atoms with E-state index < -0.39 is 0 Å². The monoisotopic (exact) mass is 548 g/mol. The zero-order valence-corrected chi connectivity index (χ0v) is 23.1. The lowest BCUT2D eigenvalue weighted by Gasteiger charge is -2.26. The summed E-state index contributed by atoms with van der Waals surface area (Å²) in [7, 11) is 0. The summed E-state index contributed by atoms with van der Waals surface area (Å²) < 4.78 is 12.1. The fourth-order valence-electron chi connectivity index (χ4n) is 4.40. The minimum absolute atomic E-state index is 0.260. The van der Waals surface area contributed by atoms with Crippen molar-refractivity contribution in [1.82, 2.24) is 25.2 Å². The van der Waals surface area contributed by atoms with Gasteiger partial charge in [0.2, 0.25) is 5.88 Å². The van der Waals surface area contributed by atoms with E-state index in [-0.39, 0.29) is 12.1 Å². The van der Waals surface area contributed by atoms with Gasteiger partial charge in [0.25, 0.3) is 0 Å². The molecule has 1 saturated carbocycles. The Morgan fingerprint density at radius 2 is 1.85 bits per heavy atom. The number of fused-ring (bicyclic) bond motifs is 1. The van der Waals surface area contributed by atoms with Crippen LogP contribution in [-0.4, -0.2) is 57.7 Å². The number of hydrogen-bond acceptors (Lipinski definition) is 6. The second kappa shape index (κ2) is 11.9. The Bertz CT molecular complexity index is 1430. The third-order valence-electron chi connectivity index (χ3n) is 6.80. The topological polar surface area (TPSA) is 104 Å². The van der Waals surface area contributed by atoms with Crippen molar-refractivity contribution >= 4 is 34.4 Å². The zero-order chi connectivity index (χ0) is 27.4. The summed E-state index contributed by atoms with van der Waals surface area (Å²) in [5.74, 6) is 1.73. The average molecular weight is 549 g/mol. The standard InChI is InChI=1S/C29H33ClN6O3/c1-4-36(5-2)18(3)16-38-21-10-6-19(7-11-21)26-15-23-27(34-26)31-17-32-28(23)39-22-12-13-25(24(30)14-22)35-29(37)33-20-8-9-20/h6-7,10-15,17-18,20H,4-5,8-9,16H2,1-3H3,(H,31,32,34)(H2,33,35,37). The number of hydrogen-bond donors (Lipinski definition) is 3. The Hall–Kier alpha value is -3.82. The number of carbonyl (C=O) groups is 1. The molecule has 5 rings (SSSR count). The first-order valence-corrected chi connectivity index (χ1v) is 13.7. The molecular weight excluding hydrogens is 516 g/mol. The molecule has 4 aromatic rings. The molecule has 2 amide bonds. The Morgan fingerprint density at radius 3 is 2.54 bits per heavy atom. The molecule has 1 fully saturated rings. The third-order valence-corrected chi connectivity index (χ3v) is 7.11. The third kappa shape index (κ3) is 6.61. The van der Waals surface area contributed by atoms with Crippen molar-refractivity contribution in [3.05, 3.63) is 59.9 Å². The van der Waals surface area contributed by atoms with Crippen LogP contribution in [0.2, 0.25) is 5.02 Å². The predicted molar refractivity (Wildman–Crippen MR) is 154 cm³/mol. The number of ether oxygens (including phenoxy) is 2. The van der Waals surface area contributed by atoms with Gasteiger partial charge in [-0.25, -0.2) is 14.8 Å². The summed E-state index contributed by atoms with van der Waals surface area (Å²) in [6.45, 7) is 9.15. The molecule has 2 aromatic heterocycles. The molecule has 0 spiro atoms. The van der Waals surface area contributed by atoms with Crippen LogP contribution in [0.3, 0.4) is 0 Å². The molecule has 1 aliphatic carbocycles. The summed E-state index contributed by atoms with van der Waals surface area (Å²) in [5, 5.41) is 6.75. The molecule has 2 aromatic carbocycles. The lowest BCUT2D eigenvalue weighted by molar-refractivity contribution is 0.158. The summed E-state index contributed by atoms with van der Waals surface area (Å²) in [5.41, 5.74) is 3.04. The highest BCUT2D eigenvalue weighted by Gasteiger charge is 2.23. The highest BCUT2D eigenvalue weighted by Crippen LogP contribution is 2.34. The Morgan fingerprint density at radius 1 is 1.10 bits per heavy atom. The number of rotatable bonds is 11. The van der Waals surface area contributed by atoms with Gasteiger partial charge < -0.3 is 25.1 Å². The van der Waals surface area contributed by atoms with Crippen LogP contribution in [0, 0.1) is 0 Å². The van der Waals surface area contributed by atoms with Crippen LogP contribution in [0.25, 0.3) is 22.3 Å². The van der Waals surface area contributed by atoms with Gasteiger partial charge in [-0.05, 0) is 80.9 Å². The van der Waals surface area contributed by atoms with E-state index in [0.717, 1.165) is 48.3 Å². The number of aromatic nitrogens is 3. The van der Waals surface area contributed by atoms with Crippen molar-refractivity contribution in [3.63, 3.8) is 0 Å². The fraction of sp³-hybridized carbons (Fsp3) is 0.345. The number of urea groups is 1. The quantitative estimate of drug-likeness (QED) is 0.198. The zero-order valence-electron chi connectivity index (χ0n) is 22.3. The Kier molecular flexibility index (Phi) is 8.18. The van der Waals surface area contributed by atoms with E-state index in [2.05, 4.69) is 51.3 Å². The summed E-state index contributed by atoms with van der Waals surface area (Å²) >= 11 is 6.40. The van der Waals surface area contributed by atoms with E-state index in [9.17, 15) is 4.79 Å². The van der Waals surface area contributed by atoms with Crippen LogP contribution in [0.5, 0.6) is 17.4 Å². The number of likely N-dealkylation sites (N-methyl/N-ethyl adjacent to an activating group) is 1. The molecule has 2 heterocycles. The van der Waals surface area contributed by atoms with Crippen LogP contribution in [0.4, 0.5) is 10.5 Å². The highest BCUT2D eigenvalue weighted by molar-refractivity contribution is 6.33. The number of benzene rings is 2. The van der Waals surface area contributed by atoms with Crippen LogP contribution >= 0.6 is 11.6 Å². The fourth-order valence-corrected chi connectivity index (χ4v) is 4.62. The molecule has 0 radical (unpaired) electrons. The van der Waals surface area contributed by atoms with E-state index in [4.69, 9.17) is 21.1 Å². The van der Waals surface area contributed by atoms with E-state index in [1.54, 1.807) is 18.2 Å². The minimum Gasteiger partial charge on any atom is -0.492 e. The van der Waals surface area contributed by atoms with Gasteiger partial charge in [-0.1, -0.05) is 25.4 Å². The Labute approximate surface area is 232 Å². The average Bonchev–Trinajstić information content (AvgIpc) is 3.63. The van der Waals surface area contributed by atoms with Crippen molar-refractivity contribution in [3.8, 4) is 28.6 Å². The van der Waals surface area contributed by atoms with E-state index >= 15 is 0 Å². The van der Waals surface area contributed by atoms with E-state index in [1.165, 1.54) is 6.33 Å². The van der Waals surface area contributed by atoms with Crippen molar-refractivity contribution in [1.29, 1.82) is 0 Å². The molecule has 0 bridgehead atoms. The second-order valence-corrected chi connectivity index (χ2v) is 10.1. The van der Waals surface area contributed by atoms with Crippen LogP contribution in [0.1, 0.15) is 33.6 Å². The maximum Gasteiger partial charge on any atom is 0.319 e.